The zero-order chi connectivity index (χ0) is 24.7. The summed E-state index contributed by atoms with van der Waals surface area (Å²) in [6, 6.07) is 0. The van der Waals surface area contributed by atoms with E-state index in [-0.39, 0.29) is 45.9 Å². The number of fused-ring (bicyclic) bond motifs is 5. The number of rotatable bonds is 2. The average molecular weight is 465 g/mol. The van der Waals surface area contributed by atoms with Crippen molar-refractivity contribution in [3.8, 4) is 0 Å². The van der Waals surface area contributed by atoms with Crippen LogP contribution in [-0.2, 0) is 9.59 Å². The van der Waals surface area contributed by atoms with Crippen molar-refractivity contribution in [2.24, 2.45) is 45.3 Å². The first-order chi connectivity index (χ1) is 15.8. The Kier molecular flexibility index (Phi) is 4.25. The van der Waals surface area contributed by atoms with E-state index in [1.165, 1.54) is 0 Å². The van der Waals surface area contributed by atoms with Gasteiger partial charge in [0.05, 0.1) is 6.10 Å². The third-order valence-corrected chi connectivity index (χ3v) is 11.5. The van der Waals surface area contributed by atoms with Gasteiger partial charge in [-0.1, -0.05) is 54.9 Å². The average Bonchev–Trinajstić information content (AvgIpc) is 3.31. The molecule has 4 nitrogen and oxygen atoms in total. The van der Waals surface area contributed by atoms with E-state index in [9.17, 15) is 19.8 Å². The largest absolute Gasteiger partial charge is 0.504 e. The summed E-state index contributed by atoms with van der Waals surface area (Å²) in [6.07, 6.45) is 4.69. The molecule has 2 N–H and O–H groups in total. The van der Waals surface area contributed by atoms with Crippen molar-refractivity contribution < 1.29 is 19.8 Å². The van der Waals surface area contributed by atoms with Crippen molar-refractivity contribution in [1.29, 1.82) is 0 Å². The van der Waals surface area contributed by atoms with Crippen molar-refractivity contribution in [3.05, 3.63) is 33.6 Å². The number of hydrogen-bond acceptors (Lipinski definition) is 4. The van der Waals surface area contributed by atoms with Crippen molar-refractivity contribution in [2.75, 3.05) is 0 Å². The molecule has 6 atom stereocenters. The predicted octanol–water partition coefficient (Wildman–Crippen LogP) is 5.86. The molecule has 0 saturated heterocycles. The monoisotopic (exact) mass is 464 g/mol. The van der Waals surface area contributed by atoms with Crippen molar-refractivity contribution in [2.45, 2.75) is 93.1 Å². The Labute approximate surface area is 203 Å². The summed E-state index contributed by atoms with van der Waals surface area (Å²) in [6.45, 7) is 15.0. The molecule has 3 fully saturated rings. The van der Waals surface area contributed by atoms with E-state index in [2.05, 4.69) is 34.6 Å². The normalized spacial score (nSPS) is 44.5. The van der Waals surface area contributed by atoms with Gasteiger partial charge in [-0.05, 0) is 71.8 Å². The lowest BCUT2D eigenvalue weighted by molar-refractivity contribution is -0.133. The van der Waals surface area contributed by atoms with Gasteiger partial charge in [-0.2, -0.15) is 0 Å². The number of carbonyl (C=O) groups is 2. The first-order valence-electron chi connectivity index (χ1n) is 13.5. The third kappa shape index (κ3) is 2.22. The lowest BCUT2D eigenvalue weighted by Crippen LogP contribution is -2.52. The molecular formula is C30H40O4. The molecule has 0 radical (unpaired) electrons. The Balaban J connectivity index is 1.68. The molecule has 0 aromatic heterocycles. The summed E-state index contributed by atoms with van der Waals surface area (Å²) in [5.41, 5.74) is 2.35. The summed E-state index contributed by atoms with van der Waals surface area (Å²) >= 11 is 0. The van der Waals surface area contributed by atoms with E-state index in [1.807, 2.05) is 13.8 Å². The maximum Gasteiger partial charge on any atom is 0.224 e. The van der Waals surface area contributed by atoms with Gasteiger partial charge in [0.15, 0.2) is 11.5 Å². The van der Waals surface area contributed by atoms with E-state index in [1.54, 1.807) is 0 Å². The Bertz CT molecular complexity index is 1150. The molecule has 0 aliphatic heterocycles. The summed E-state index contributed by atoms with van der Waals surface area (Å²) in [5.74, 6) is 0.0121. The molecule has 6 aliphatic rings. The molecule has 1 spiro atoms. The van der Waals surface area contributed by atoms with E-state index in [0.29, 0.717) is 22.6 Å². The molecule has 6 rings (SSSR count). The molecule has 184 valence electrons. The predicted molar refractivity (Wildman–Crippen MR) is 131 cm³/mol. The minimum absolute atomic E-state index is 0.0702. The van der Waals surface area contributed by atoms with Gasteiger partial charge in [0.25, 0.3) is 0 Å². The summed E-state index contributed by atoms with van der Waals surface area (Å²) in [5, 5.41) is 23.7. The molecule has 6 aliphatic carbocycles. The Morgan fingerprint density at radius 1 is 0.941 bits per heavy atom. The number of ketones is 2. The van der Waals surface area contributed by atoms with Gasteiger partial charge in [-0.25, -0.2) is 0 Å². The van der Waals surface area contributed by atoms with Gasteiger partial charge < -0.3 is 10.2 Å². The van der Waals surface area contributed by atoms with Crippen LogP contribution in [0.4, 0.5) is 0 Å². The highest BCUT2D eigenvalue weighted by atomic mass is 16.3. The van der Waals surface area contributed by atoms with Crippen molar-refractivity contribution >= 4 is 11.6 Å². The third-order valence-electron chi connectivity index (χ3n) is 11.5. The van der Waals surface area contributed by atoms with E-state index in [0.717, 1.165) is 49.7 Å². The topological polar surface area (TPSA) is 74.6 Å². The van der Waals surface area contributed by atoms with Gasteiger partial charge >= 0.3 is 0 Å². The second kappa shape index (κ2) is 6.35. The van der Waals surface area contributed by atoms with E-state index < -0.39 is 16.9 Å². The first-order valence-corrected chi connectivity index (χ1v) is 13.5. The Morgan fingerprint density at radius 3 is 2.18 bits per heavy atom. The number of Topliss-reactive ketones (excluding diaryl/α,β-unsaturated/α-hetero) is 2. The molecule has 0 heterocycles. The van der Waals surface area contributed by atoms with Crippen LogP contribution in [0.25, 0.3) is 0 Å². The van der Waals surface area contributed by atoms with Crippen LogP contribution in [0.15, 0.2) is 33.6 Å². The second-order valence-corrected chi connectivity index (χ2v) is 13.9. The van der Waals surface area contributed by atoms with Gasteiger partial charge in [0.1, 0.15) is 0 Å². The minimum atomic E-state index is -0.886. The number of carbonyl (C=O) groups excluding carboxylic acids is 2. The highest BCUT2D eigenvalue weighted by molar-refractivity contribution is 6.15. The molecule has 3 saturated carbocycles. The van der Waals surface area contributed by atoms with Crippen LogP contribution in [-0.4, -0.2) is 27.9 Å². The van der Waals surface area contributed by atoms with Gasteiger partial charge in [-0.15, -0.1) is 0 Å². The van der Waals surface area contributed by atoms with Crippen LogP contribution in [0.3, 0.4) is 0 Å². The number of allylic oxidation sites excluding steroid dienone is 3. The van der Waals surface area contributed by atoms with Gasteiger partial charge in [0.2, 0.25) is 5.78 Å². The molecule has 0 amide bonds. The van der Waals surface area contributed by atoms with Crippen molar-refractivity contribution in [3.63, 3.8) is 0 Å². The van der Waals surface area contributed by atoms with Crippen LogP contribution in [0.5, 0.6) is 0 Å². The fourth-order valence-electron chi connectivity index (χ4n) is 9.97. The quantitative estimate of drug-likeness (QED) is 0.536. The molecule has 34 heavy (non-hydrogen) atoms. The molecule has 0 aromatic rings. The van der Waals surface area contributed by atoms with Crippen LogP contribution in [0.2, 0.25) is 0 Å². The maximum atomic E-state index is 14.4. The zero-order valence-corrected chi connectivity index (χ0v) is 21.8. The highest BCUT2D eigenvalue weighted by Crippen LogP contribution is 2.81. The van der Waals surface area contributed by atoms with Gasteiger partial charge in [0, 0.05) is 33.5 Å². The maximum absolute atomic E-state index is 14.4. The van der Waals surface area contributed by atoms with Gasteiger partial charge in [-0.3, -0.25) is 9.59 Å². The van der Waals surface area contributed by atoms with E-state index in [4.69, 9.17) is 0 Å². The first kappa shape index (κ1) is 22.8. The molecule has 0 aromatic carbocycles. The lowest BCUT2D eigenvalue weighted by Gasteiger charge is -2.54. The SMILES string of the molecule is CC(C)C1=C2C3=C(C(=O)[C@@H]4C(C)(C)CCC[C@]4(C)C3=C(O)C1=O)[C@H](O)[C@]21CC[C@]2(C(C)C)C[C@@H]21. The second-order valence-electron chi connectivity index (χ2n) is 13.9. The minimum Gasteiger partial charge on any atom is -0.504 e. The fraction of sp³-hybridized carbons (Fsp3) is 0.733. The van der Waals surface area contributed by atoms with Crippen LogP contribution in [0, 0.1) is 45.3 Å². The molecular weight excluding hydrogens is 424 g/mol. The number of aliphatic hydroxyl groups excluding tert-OH is 2. The van der Waals surface area contributed by atoms with Crippen molar-refractivity contribution in [1.82, 2.24) is 0 Å². The summed E-state index contributed by atoms with van der Waals surface area (Å²) in [7, 11) is 0. The number of aliphatic hydroxyl groups is 2. The summed E-state index contributed by atoms with van der Waals surface area (Å²) < 4.78 is 0. The van der Waals surface area contributed by atoms with Crippen LogP contribution < -0.4 is 0 Å². The lowest BCUT2D eigenvalue weighted by atomic mass is 9.48. The summed E-state index contributed by atoms with van der Waals surface area (Å²) in [4.78, 5) is 28.3. The molecule has 0 bridgehead atoms. The number of hydrogen-bond donors (Lipinski definition) is 2. The van der Waals surface area contributed by atoms with Crippen LogP contribution in [0.1, 0.15) is 87.0 Å². The Hall–Kier alpha value is -1.68. The fourth-order valence-corrected chi connectivity index (χ4v) is 9.97. The Morgan fingerprint density at radius 2 is 1.62 bits per heavy atom. The zero-order valence-electron chi connectivity index (χ0n) is 21.8. The van der Waals surface area contributed by atoms with E-state index >= 15 is 0 Å². The molecule has 4 heteroatoms. The standard InChI is InChI=1S/C30H40O4/c1-14(2)17-20-18-19(26(34)30(20)12-11-29(15(3)4)13-16(29)30)23(32)25-27(5,6)9-8-10-28(25,7)21(18)24(33)22(17)31/h14-16,25-26,33-34H,8-13H2,1-7H3/t16-,25+,26-,28+,29+,30-/m0/s1. The van der Waals surface area contributed by atoms with Crippen LogP contribution >= 0.6 is 0 Å². The smallest absolute Gasteiger partial charge is 0.224 e. The molecule has 0 unspecified atom stereocenters. The highest BCUT2D eigenvalue weighted by Gasteiger charge is 2.77.